The minimum atomic E-state index is -1.96. The average molecular weight is 661 g/mol. The van der Waals surface area contributed by atoms with Crippen molar-refractivity contribution in [2.45, 2.75) is 96.2 Å². The van der Waals surface area contributed by atoms with Crippen LogP contribution >= 0.6 is 0 Å². The summed E-state index contributed by atoms with van der Waals surface area (Å²) in [5.41, 5.74) is 7.94. The smallest absolute Gasteiger partial charge is 0.315 e. The van der Waals surface area contributed by atoms with Crippen LogP contribution in [-0.2, 0) is 25.8 Å². The monoisotopic (exact) mass is 660 g/mol. The predicted molar refractivity (Wildman–Crippen MR) is 193 cm³/mol. The Labute approximate surface area is 279 Å². The number of benzene rings is 3. The fourth-order valence-corrected chi connectivity index (χ4v) is 8.04. The van der Waals surface area contributed by atoms with Crippen molar-refractivity contribution in [1.29, 1.82) is 0 Å². The van der Waals surface area contributed by atoms with Gasteiger partial charge in [-0.05, 0) is 154 Å². The van der Waals surface area contributed by atoms with E-state index < -0.39 is 37.2 Å². The van der Waals surface area contributed by atoms with Crippen LogP contribution in [0.2, 0.25) is 18.1 Å². The minimum absolute atomic E-state index is 0.0910. The molecule has 1 aliphatic carbocycles. The van der Waals surface area contributed by atoms with E-state index in [4.69, 9.17) is 4.43 Å². The summed E-state index contributed by atoms with van der Waals surface area (Å²) in [5.74, 6) is -2.39. The van der Waals surface area contributed by atoms with E-state index in [9.17, 15) is 18.8 Å². The Morgan fingerprint density at radius 2 is 1.63 bits per heavy atom. The van der Waals surface area contributed by atoms with Crippen molar-refractivity contribution in [2.24, 2.45) is 0 Å². The molecule has 246 valence electrons. The molecule has 0 aliphatic heterocycles. The molecule has 0 saturated carbocycles. The second-order valence-corrected chi connectivity index (χ2v) is 21.1. The van der Waals surface area contributed by atoms with Gasteiger partial charge in [0.05, 0.1) is 0 Å². The molecular formula is C39H49FO4SSi. The van der Waals surface area contributed by atoms with Gasteiger partial charge in [-0.25, -0.2) is 4.39 Å². The topological polar surface area (TPSA) is 69.6 Å². The number of aryl methyl sites for hydroxylation is 2. The first-order valence-corrected chi connectivity index (χ1v) is 20.4. The molecule has 0 radical (unpaired) electrons. The Balaban J connectivity index is 1.88. The number of fused-ring (bicyclic) bond motifs is 1. The van der Waals surface area contributed by atoms with Crippen molar-refractivity contribution in [3.8, 4) is 0 Å². The molecule has 0 spiro atoms. The second kappa shape index (κ2) is 13.3. The highest BCUT2D eigenvalue weighted by atomic mass is 32.2. The number of carboxylic acids is 1. The SMILES string of the molecule is CC1=C(C(C(=O)O)c2cc(C)cc(C)c2C(C)(C)CCO[Si](C)(C)C(C)(C)C)c2cc(F)ccc2C1=Cc1ccc([S+](C)[O-])cc1. The molecule has 0 heterocycles. The van der Waals surface area contributed by atoms with Crippen molar-refractivity contribution in [1.82, 2.24) is 0 Å². The van der Waals surface area contributed by atoms with Crippen LogP contribution in [0.15, 0.2) is 65.1 Å². The molecule has 1 aliphatic rings. The molecule has 4 rings (SSSR count). The van der Waals surface area contributed by atoms with E-state index in [1.54, 1.807) is 12.3 Å². The van der Waals surface area contributed by atoms with Crippen molar-refractivity contribution in [3.05, 3.63) is 105 Å². The van der Waals surface area contributed by atoms with E-state index in [2.05, 4.69) is 60.7 Å². The highest BCUT2D eigenvalue weighted by Gasteiger charge is 2.40. The standard InChI is InChI=1S/C39H49FO4SSi/c1-24-20-25(2)36(39(7,8)18-19-44-46(10,11)38(4,5)6)33(21-24)35(37(41)42)34-26(3)31(30-17-14-28(40)23-32(30)34)22-27-12-15-29(16-13-27)45(9)43/h12-17,20-23,35H,18-19H2,1-11H3,(H,41,42). The third-order valence-corrected chi connectivity index (χ3v) is 15.4. The molecule has 0 bridgehead atoms. The summed E-state index contributed by atoms with van der Waals surface area (Å²) in [7, 11) is -1.96. The molecule has 0 amide bonds. The Hall–Kier alpha value is -2.97. The maximum Gasteiger partial charge on any atom is 0.315 e. The summed E-state index contributed by atoms with van der Waals surface area (Å²) in [5, 5.41) is 11.1. The fraction of sp³-hybridized carbons (Fsp3) is 0.410. The van der Waals surface area contributed by atoms with Gasteiger partial charge in [0.2, 0.25) is 0 Å². The molecule has 3 aromatic rings. The zero-order valence-corrected chi connectivity index (χ0v) is 31.0. The van der Waals surface area contributed by atoms with Crippen molar-refractivity contribution in [2.75, 3.05) is 12.9 Å². The van der Waals surface area contributed by atoms with Gasteiger partial charge in [-0.3, -0.25) is 4.79 Å². The van der Waals surface area contributed by atoms with E-state index in [-0.39, 0.29) is 10.5 Å². The number of aliphatic carboxylic acids is 1. The molecule has 2 unspecified atom stereocenters. The number of rotatable bonds is 10. The van der Waals surface area contributed by atoms with Crippen molar-refractivity contribution >= 4 is 42.7 Å². The highest BCUT2D eigenvalue weighted by Crippen LogP contribution is 2.51. The predicted octanol–water partition coefficient (Wildman–Crippen LogP) is 10.1. The quantitative estimate of drug-likeness (QED) is 0.174. The molecule has 1 N–H and O–H groups in total. The lowest BCUT2D eigenvalue weighted by Crippen LogP contribution is -2.41. The van der Waals surface area contributed by atoms with Gasteiger partial charge in [0.15, 0.2) is 13.2 Å². The summed E-state index contributed by atoms with van der Waals surface area (Å²) in [4.78, 5) is 14.2. The zero-order chi connectivity index (χ0) is 34.4. The fourth-order valence-electron chi connectivity index (χ4n) is 6.47. The number of allylic oxidation sites excluding steroid dienone is 2. The van der Waals surface area contributed by atoms with Gasteiger partial charge in [-0.15, -0.1) is 0 Å². The van der Waals surface area contributed by atoms with Gasteiger partial charge in [0, 0.05) is 6.61 Å². The van der Waals surface area contributed by atoms with Gasteiger partial charge >= 0.3 is 5.97 Å². The third-order valence-electron chi connectivity index (χ3n) is 9.92. The van der Waals surface area contributed by atoms with Gasteiger partial charge in [-0.2, -0.15) is 0 Å². The number of carbonyl (C=O) groups is 1. The molecule has 0 fully saturated rings. The third kappa shape index (κ3) is 7.28. The molecule has 46 heavy (non-hydrogen) atoms. The lowest BCUT2D eigenvalue weighted by molar-refractivity contribution is -0.137. The van der Waals surface area contributed by atoms with Gasteiger partial charge in [-0.1, -0.05) is 58.4 Å². The Morgan fingerprint density at radius 3 is 2.20 bits per heavy atom. The Bertz CT molecular complexity index is 1690. The van der Waals surface area contributed by atoms with Crippen LogP contribution in [0.5, 0.6) is 0 Å². The molecular weight excluding hydrogens is 612 g/mol. The lowest BCUT2D eigenvalue weighted by Gasteiger charge is -2.38. The van der Waals surface area contributed by atoms with Gasteiger partial charge < -0.3 is 14.1 Å². The molecule has 0 aromatic heterocycles. The Kier molecular flexibility index (Phi) is 10.3. The van der Waals surface area contributed by atoms with Gasteiger partial charge in [0.25, 0.3) is 0 Å². The molecule has 2 atom stereocenters. The minimum Gasteiger partial charge on any atom is -0.612 e. The van der Waals surface area contributed by atoms with Crippen LogP contribution in [0.1, 0.15) is 92.8 Å². The summed E-state index contributed by atoms with van der Waals surface area (Å²) < 4.78 is 33.4. The van der Waals surface area contributed by atoms with E-state index in [1.807, 2.05) is 50.3 Å². The van der Waals surface area contributed by atoms with Crippen LogP contribution < -0.4 is 0 Å². The Morgan fingerprint density at radius 1 is 1.00 bits per heavy atom. The number of hydrogen-bond acceptors (Lipinski definition) is 3. The molecule has 3 aromatic carbocycles. The summed E-state index contributed by atoms with van der Waals surface area (Å²) >= 11 is -1.09. The molecule has 7 heteroatoms. The molecule has 4 nitrogen and oxygen atoms in total. The lowest BCUT2D eigenvalue weighted by atomic mass is 9.72. The number of halogens is 1. The second-order valence-electron chi connectivity index (χ2n) is 14.9. The van der Waals surface area contributed by atoms with Crippen molar-refractivity contribution < 1.29 is 23.3 Å². The van der Waals surface area contributed by atoms with Crippen LogP contribution in [-0.4, -0.2) is 36.8 Å². The summed E-state index contributed by atoms with van der Waals surface area (Å²) in [6, 6.07) is 16.2. The van der Waals surface area contributed by atoms with Crippen molar-refractivity contribution in [3.63, 3.8) is 0 Å². The average Bonchev–Trinajstić information content (AvgIpc) is 3.17. The van der Waals surface area contributed by atoms with Crippen LogP contribution in [0.25, 0.3) is 17.2 Å². The van der Waals surface area contributed by atoms with Crippen LogP contribution in [0, 0.1) is 19.7 Å². The first-order valence-electron chi connectivity index (χ1n) is 15.9. The molecule has 0 saturated heterocycles. The van der Waals surface area contributed by atoms with E-state index in [1.165, 1.54) is 12.1 Å². The number of carboxylic acid groups (broad SMARTS) is 1. The number of hydrogen-bond donors (Lipinski definition) is 1. The first kappa shape index (κ1) is 35.9. The van der Waals surface area contributed by atoms with Gasteiger partial charge in [0.1, 0.15) is 18.0 Å². The van der Waals surface area contributed by atoms with E-state index >= 15 is 0 Å². The normalized spacial score (nSPS) is 16.2. The zero-order valence-electron chi connectivity index (χ0n) is 29.2. The van der Waals surface area contributed by atoms with E-state index in [0.29, 0.717) is 17.7 Å². The maximum absolute atomic E-state index is 14.9. The van der Waals surface area contributed by atoms with E-state index in [0.717, 1.165) is 55.8 Å². The highest BCUT2D eigenvalue weighted by molar-refractivity contribution is 7.90. The van der Waals surface area contributed by atoms with Crippen LogP contribution in [0.3, 0.4) is 0 Å². The largest absolute Gasteiger partial charge is 0.612 e. The maximum atomic E-state index is 14.9. The summed E-state index contributed by atoms with van der Waals surface area (Å²) in [6.45, 7) is 22.1. The summed E-state index contributed by atoms with van der Waals surface area (Å²) in [6.07, 6.45) is 4.38. The van der Waals surface area contributed by atoms with Crippen LogP contribution in [0.4, 0.5) is 4.39 Å². The first-order chi connectivity index (χ1) is 21.2.